The molecule has 1 saturated heterocycles. The first kappa shape index (κ1) is 6.66. The van der Waals surface area contributed by atoms with Gasteiger partial charge in [-0.3, -0.25) is 0 Å². The minimum atomic E-state index is 0.959. The molecule has 2 aliphatic rings. The fourth-order valence-corrected chi connectivity index (χ4v) is 1.83. The Kier molecular flexibility index (Phi) is 1.69. The zero-order chi connectivity index (χ0) is 6.97. The first-order chi connectivity index (χ1) is 4.90. The molecule has 1 heterocycles. The van der Waals surface area contributed by atoms with Crippen molar-refractivity contribution in [3.05, 3.63) is 0 Å². The van der Waals surface area contributed by atoms with Gasteiger partial charge in [0.2, 0.25) is 0 Å². The summed E-state index contributed by atoms with van der Waals surface area (Å²) in [5, 5.41) is 0. The number of hydrogen-bond donors (Lipinski definition) is 0. The molecule has 0 spiro atoms. The van der Waals surface area contributed by atoms with Gasteiger partial charge in [0.15, 0.2) is 0 Å². The van der Waals surface area contributed by atoms with E-state index in [0.29, 0.717) is 0 Å². The maximum absolute atomic E-state index is 2.66. The third kappa shape index (κ3) is 1.20. The molecule has 0 bridgehead atoms. The van der Waals surface area contributed by atoms with Crippen molar-refractivity contribution in [1.29, 1.82) is 0 Å². The molecule has 0 aromatic heterocycles. The van der Waals surface area contributed by atoms with Crippen molar-refractivity contribution >= 4 is 0 Å². The molecule has 1 nitrogen and oxygen atoms in total. The van der Waals surface area contributed by atoms with Crippen LogP contribution in [-0.4, -0.2) is 24.0 Å². The summed E-state index contributed by atoms with van der Waals surface area (Å²) in [5.41, 5.74) is 0. The van der Waals surface area contributed by atoms with Crippen LogP contribution in [0.4, 0.5) is 0 Å². The Morgan fingerprint density at radius 1 is 1.30 bits per heavy atom. The van der Waals surface area contributed by atoms with Crippen LogP contribution in [-0.2, 0) is 0 Å². The topological polar surface area (TPSA) is 3.24 Å². The molecule has 10 heavy (non-hydrogen) atoms. The number of rotatable bonds is 3. The second kappa shape index (κ2) is 2.54. The highest BCUT2D eigenvalue weighted by Gasteiger charge is 2.31. The molecule has 1 atom stereocenters. The molecule has 1 aliphatic carbocycles. The fourth-order valence-electron chi connectivity index (χ4n) is 1.83. The van der Waals surface area contributed by atoms with Crippen LogP contribution >= 0.6 is 0 Å². The van der Waals surface area contributed by atoms with Crippen molar-refractivity contribution in [3.63, 3.8) is 0 Å². The molecule has 0 N–H and O–H groups in total. The van der Waals surface area contributed by atoms with Crippen molar-refractivity contribution in [3.8, 4) is 0 Å². The van der Waals surface area contributed by atoms with E-state index in [4.69, 9.17) is 0 Å². The highest BCUT2D eigenvalue weighted by molar-refractivity contribution is 4.86. The van der Waals surface area contributed by atoms with Gasteiger partial charge < -0.3 is 4.90 Å². The van der Waals surface area contributed by atoms with Crippen molar-refractivity contribution in [2.24, 2.45) is 5.92 Å². The number of nitrogens with zero attached hydrogens (tertiary/aromatic N) is 1. The van der Waals surface area contributed by atoms with E-state index in [1.165, 1.54) is 38.8 Å². The average Bonchev–Trinajstić information content (AvgIpc) is 2.64. The monoisotopic (exact) mass is 139 g/mol. The van der Waals surface area contributed by atoms with E-state index in [1.54, 1.807) is 0 Å². The van der Waals surface area contributed by atoms with Gasteiger partial charge in [-0.2, -0.15) is 0 Å². The van der Waals surface area contributed by atoms with Gasteiger partial charge in [-0.25, -0.2) is 0 Å². The lowest BCUT2D eigenvalue weighted by Crippen LogP contribution is -2.47. The van der Waals surface area contributed by atoms with Gasteiger partial charge in [-0.15, -0.1) is 0 Å². The van der Waals surface area contributed by atoms with Gasteiger partial charge in [-0.05, 0) is 38.1 Å². The fraction of sp³-hybridized carbons (Fsp3) is 1.00. The van der Waals surface area contributed by atoms with Crippen LogP contribution in [0.25, 0.3) is 0 Å². The van der Waals surface area contributed by atoms with Crippen LogP contribution in [0.1, 0.15) is 32.6 Å². The molecule has 0 amide bonds. The average molecular weight is 139 g/mol. The molecule has 0 aromatic carbocycles. The standard InChI is InChI=1S/C9H17N/c1-2-9-5-6-10(9)7-8-3-4-8/h8-9H,2-7H2,1H3. The summed E-state index contributed by atoms with van der Waals surface area (Å²) >= 11 is 0. The summed E-state index contributed by atoms with van der Waals surface area (Å²) in [5.74, 6) is 1.09. The minimum absolute atomic E-state index is 0.959. The van der Waals surface area contributed by atoms with E-state index in [-0.39, 0.29) is 0 Å². The summed E-state index contributed by atoms with van der Waals surface area (Å²) in [6.45, 7) is 5.11. The second-order valence-corrected chi connectivity index (χ2v) is 3.79. The lowest BCUT2D eigenvalue weighted by Gasteiger charge is -2.40. The van der Waals surface area contributed by atoms with Crippen LogP contribution in [0.5, 0.6) is 0 Å². The Balaban J connectivity index is 1.71. The lowest BCUT2D eigenvalue weighted by molar-refractivity contribution is 0.0822. The van der Waals surface area contributed by atoms with Crippen LogP contribution in [0, 0.1) is 5.92 Å². The Hall–Kier alpha value is -0.0400. The highest BCUT2D eigenvalue weighted by Crippen LogP contribution is 2.33. The maximum Gasteiger partial charge on any atom is 0.0105 e. The zero-order valence-corrected chi connectivity index (χ0v) is 6.84. The highest BCUT2D eigenvalue weighted by atomic mass is 15.2. The summed E-state index contributed by atoms with van der Waals surface area (Å²) in [6, 6.07) is 0.959. The molecule has 1 heteroatoms. The quantitative estimate of drug-likeness (QED) is 0.577. The Bertz CT molecular complexity index is 116. The minimum Gasteiger partial charge on any atom is -0.300 e. The number of hydrogen-bond acceptors (Lipinski definition) is 1. The Morgan fingerprint density at radius 3 is 2.50 bits per heavy atom. The molecule has 0 radical (unpaired) electrons. The molecule has 0 aromatic rings. The molecular weight excluding hydrogens is 122 g/mol. The van der Waals surface area contributed by atoms with Crippen molar-refractivity contribution in [2.45, 2.75) is 38.6 Å². The van der Waals surface area contributed by atoms with Gasteiger partial charge in [0.25, 0.3) is 0 Å². The van der Waals surface area contributed by atoms with Gasteiger partial charge >= 0.3 is 0 Å². The Labute approximate surface area is 63.4 Å². The summed E-state index contributed by atoms with van der Waals surface area (Å²) in [6.07, 6.45) is 5.84. The molecule has 1 saturated carbocycles. The van der Waals surface area contributed by atoms with Crippen LogP contribution < -0.4 is 0 Å². The second-order valence-electron chi connectivity index (χ2n) is 3.79. The molecule has 1 aliphatic heterocycles. The van der Waals surface area contributed by atoms with Crippen molar-refractivity contribution in [2.75, 3.05) is 13.1 Å². The van der Waals surface area contributed by atoms with E-state index < -0.39 is 0 Å². The van der Waals surface area contributed by atoms with Crippen LogP contribution in [0.3, 0.4) is 0 Å². The van der Waals surface area contributed by atoms with Gasteiger partial charge in [0.1, 0.15) is 0 Å². The molecule has 58 valence electrons. The van der Waals surface area contributed by atoms with E-state index in [0.717, 1.165) is 12.0 Å². The smallest absolute Gasteiger partial charge is 0.0105 e. The normalized spacial score (nSPS) is 33.9. The van der Waals surface area contributed by atoms with Crippen LogP contribution in [0.2, 0.25) is 0 Å². The van der Waals surface area contributed by atoms with E-state index in [9.17, 15) is 0 Å². The predicted molar refractivity (Wildman–Crippen MR) is 43.0 cm³/mol. The predicted octanol–water partition coefficient (Wildman–Crippen LogP) is 1.88. The van der Waals surface area contributed by atoms with E-state index >= 15 is 0 Å². The SMILES string of the molecule is CCC1CCN1CC1CC1. The molecular formula is C9H17N. The molecule has 1 unspecified atom stereocenters. The first-order valence-electron chi connectivity index (χ1n) is 4.64. The summed E-state index contributed by atoms with van der Waals surface area (Å²) < 4.78 is 0. The maximum atomic E-state index is 2.66. The summed E-state index contributed by atoms with van der Waals surface area (Å²) in [7, 11) is 0. The zero-order valence-electron chi connectivity index (χ0n) is 6.84. The third-order valence-corrected chi connectivity index (χ3v) is 2.93. The van der Waals surface area contributed by atoms with Gasteiger partial charge in [0.05, 0.1) is 0 Å². The van der Waals surface area contributed by atoms with E-state index in [2.05, 4.69) is 11.8 Å². The third-order valence-electron chi connectivity index (χ3n) is 2.93. The molecule has 2 rings (SSSR count). The molecule has 2 fully saturated rings. The van der Waals surface area contributed by atoms with E-state index in [1.807, 2.05) is 0 Å². The summed E-state index contributed by atoms with van der Waals surface area (Å²) in [4.78, 5) is 2.66. The van der Waals surface area contributed by atoms with Crippen LogP contribution in [0.15, 0.2) is 0 Å². The van der Waals surface area contributed by atoms with Crippen molar-refractivity contribution in [1.82, 2.24) is 4.90 Å². The van der Waals surface area contributed by atoms with Gasteiger partial charge in [0, 0.05) is 12.6 Å². The van der Waals surface area contributed by atoms with Crippen molar-refractivity contribution < 1.29 is 0 Å². The first-order valence-corrected chi connectivity index (χ1v) is 4.64. The Morgan fingerprint density at radius 2 is 2.10 bits per heavy atom. The lowest BCUT2D eigenvalue weighted by atomic mass is 10.0. The van der Waals surface area contributed by atoms with Gasteiger partial charge in [-0.1, -0.05) is 6.92 Å². The number of likely N-dealkylation sites (tertiary alicyclic amines) is 1. The largest absolute Gasteiger partial charge is 0.300 e.